The lowest BCUT2D eigenvalue weighted by atomic mass is 9.93. The molecule has 1 aromatic rings. The van der Waals surface area contributed by atoms with Crippen LogP contribution in [0.1, 0.15) is 37.7 Å². The number of imide groups is 1. The van der Waals surface area contributed by atoms with Crippen LogP contribution in [0.4, 0.5) is 4.79 Å². The molecule has 0 radical (unpaired) electrons. The maximum Gasteiger partial charge on any atom is 0.325 e. The summed E-state index contributed by atoms with van der Waals surface area (Å²) >= 11 is 0. The van der Waals surface area contributed by atoms with Crippen LogP contribution in [0.2, 0.25) is 0 Å². The van der Waals surface area contributed by atoms with Gasteiger partial charge in [-0.3, -0.25) is 19.3 Å². The second kappa shape index (κ2) is 9.54. The molecule has 156 valence electrons. The zero-order valence-corrected chi connectivity index (χ0v) is 16.6. The van der Waals surface area contributed by atoms with E-state index in [4.69, 9.17) is 4.74 Å². The van der Waals surface area contributed by atoms with Gasteiger partial charge in [0.25, 0.3) is 5.91 Å². The van der Waals surface area contributed by atoms with Crippen molar-refractivity contribution in [3.05, 3.63) is 35.9 Å². The number of rotatable bonds is 7. The molecule has 1 aromatic carbocycles. The van der Waals surface area contributed by atoms with Crippen molar-refractivity contribution in [1.82, 2.24) is 15.1 Å². The van der Waals surface area contributed by atoms with Crippen LogP contribution >= 0.6 is 0 Å². The van der Waals surface area contributed by atoms with Gasteiger partial charge < -0.3 is 15.0 Å². The number of nitrogens with zero attached hydrogens (tertiary/aromatic N) is 2. The summed E-state index contributed by atoms with van der Waals surface area (Å²) in [6.07, 6.45) is 2.42. The van der Waals surface area contributed by atoms with E-state index >= 15 is 0 Å². The monoisotopic (exact) mass is 401 g/mol. The number of benzene rings is 1. The number of hydrogen-bond donors (Lipinski definition) is 1. The van der Waals surface area contributed by atoms with Crippen LogP contribution in [0, 0.1) is 5.92 Å². The van der Waals surface area contributed by atoms with Crippen LogP contribution in [-0.2, 0) is 25.7 Å². The predicted molar refractivity (Wildman–Crippen MR) is 104 cm³/mol. The molecule has 2 fully saturated rings. The first-order chi connectivity index (χ1) is 14.0. The number of nitrogens with one attached hydrogen (secondary N) is 1. The summed E-state index contributed by atoms with van der Waals surface area (Å²) in [5.74, 6) is -0.285. The van der Waals surface area contributed by atoms with Crippen LogP contribution < -0.4 is 5.32 Å². The van der Waals surface area contributed by atoms with Crippen molar-refractivity contribution in [3.63, 3.8) is 0 Å². The smallest absolute Gasteiger partial charge is 0.325 e. The van der Waals surface area contributed by atoms with E-state index in [1.807, 2.05) is 30.3 Å². The van der Waals surface area contributed by atoms with Gasteiger partial charge >= 0.3 is 12.0 Å². The molecule has 0 saturated carbocycles. The number of urea groups is 1. The third-order valence-electron chi connectivity index (χ3n) is 5.59. The number of likely N-dealkylation sites (tertiary alicyclic amines) is 1. The van der Waals surface area contributed by atoms with E-state index in [0.29, 0.717) is 19.5 Å². The van der Waals surface area contributed by atoms with Crippen molar-refractivity contribution in [2.45, 2.75) is 44.7 Å². The summed E-state index contributed by atoms with van der Waals surface area (Å²) in [6.45, 7) is 1.43. The summed E-state index contributed by atoms with van der Waals surface area (Å²) in [7, 11) is 1.38. The van der Waals surface area contributed by atoms with Crippen molar-refractivity contribution >= 4 is 23.8 Å². The average Bonchev–Trinajstić information content (AvgIpc) is 3.00. The molecule has 1 atom stereocenters. The van der Waals surface area contributed by atoms with Crippen LogP contribution in [0.25, 0.3) is 0 Å². The molecule has 3 rings (SSSR count). The quantitative estimate of drug-likeness (QED) is 0.554. The Balaban J connectivity index is 1.44. The Hall–Kier alpha value is -2.90. The Bertz CT molecular complexity index is 759. The Labute approximate surface area is 170 Å². The predicted octanol–water partition coefficient (Wildman–Crippen LogP) is 1.69. The van der Waals surface area contributed by atoms with Crippen LogP contribution in [0.5, 0.6) is 0 Å². The second-order valence-corrected chi connectivity index (χ2v) is 7.56. The lowest BCUT2D eigenvalue weighted by Gasteiger charge is -2.31. The number of carbonyl (C=O) groups is 4. The van der Waals surface area contributed by atoms with E-state index in [1.54, 1.807) is 4.90 Å². The molecule has 8 nitrogen and oxygen atoms in total. The van der Waals surface area contributed by atoms with Crippen molar-refractivity contribution in [2.24, 2.45) is 5.92 Å². The normalized spacial score (nSPS) is 20.0. The average molecular weight is 401 g/mol. The summed E-state index contributed by atoms with van der Waals surface area (Å²) in [5, 5.41) is 2.68. The summed E-state index contributed by atoms with van der Waals surface area (Å²) in [6, 6.07) is 8.24. The Morgan fingerprint density at radius 2 is 1.83 bits per heavy atom. The molecule has 0 bridgehead atoms. The summed E-state index contributed by atoms with van der Waals surface area (Å²) < 4.78 is 4.70. The van der Waals surface area contributed by atoms with Crippen molar-refractivity contribution in [1.29, 1.82) is 0 Å². The lowest BCUT2D eigenvalue weighted by Crippen LogP contribution is -2.40. The third-order valence-corrected chi connectivity index (χ3v) is 5.59. The van der Waals surface area contributed by atoms with Gasteiger partial charge in [-0.05, 0) is 30.7 Å². The summed E-state index contributed by atoms with van der Waals surface area (Å²) in [4.78, 5) is 51.6. The third kappa shape index (κ3) is 5.34. The second-order valence-electron chi connectivity index (χ2n) is 7.56. The van der Waals surface area contributed by atoms with E-state index < -0.39 is 12.1 Å². The van der Waals surface area contributed by atoms with E-state index in [-0.39, 0.29) is 43.1 Å². The largest absolute Gasteiger partial charge is 0.469 e. The molecular weight excluding hydrogens is 374 g/mol. The molecule has 2 aliphatic rings. The Morgan fingerprint density at radius 3 is 2.48 bits per heavy atom. The van der Waals surface area contributed by atoms with Crippen LogP contribution in [0.3, 0.4) is 0 Å². The fourth-order valence-corrected chi connectivity index (χ4v) is 3.82. The Morgan fingerprint density at radius 1 is 1.14 bits per heavy atom. The topological polar surface area (TPSA) is 96.0 Å². The molecule has 2 saturated heterocycles. The highest BCUT2D eigenvalue weighted by Crippen LogP contribution is 2.22. The van der Waals surface area contributed by atoms with Gasteiger partial charge in [0.05, 0.1) is 13.7 Å². The SMILES string of the molecule is COC(=O)CC1CCN(C(=O)CC[C@H]2NC(=O)N(Cc3ccccc3)C2=O)CC1. The highest BCUT2D eigenvalue weighted by Gasteiger charge is 2.38. The molecule has 0 aromatic heterocycles. The maximum absolute atomic E-state index is 12.6. The van der Waals surface area contributed by atoms with Crippen molar-refractivity contribution in [2.75, 3.05) is 20.2 Å². The zero-order valence-electron chi connectivity index (χ0n) is 16.6. The van der Waals surface area contributed by atoms with Gasteiger partial charge in [-0.15, -0.1) is 0 Å². The van der Waals surface area contributed by atoms with Gasteiger partial charge in [0, 0.05) is 25.9 Å². The number of esters is 1. The van der Waals surface area contributed by atoms with Crippen LogP contribution in [-0.4, -0.2) is 59.9 Å². The number of methoxy groups -OCH3 is 1. The molecule has 4 amide bonds. The highest BCUT2D eigenvalue weighted by molar-refractivity contribution is 6.04. The van der Waals surface area contributed by atoms with Gasteiger partial charge in [0.1, 0.15) is 6.04 Å². The Kier molecular flexibility index (Phi) is 6.85. The van der Waals surface area contributed by atoms with Gasteiger partial charge in [0.2, 0.25) is 5.91 Å². The molecule has 2 heterocycles. The number of piperidine rings is 1. The van der Waals surface area contributed by atoms with Crippen molar-refractivity contribution in [3.8, 4) is 0 Å². The number of ether oxygens (including phenoxy) is 1. The van der Waals surface area contributed by atoms with Gasteiger partial charge in [-0.2, -0.15) is 0 Å². The zero-order chi connectivity index (χ0) is 20.8. The lowest BCUT2D eigenvalue weighted by molar-refractivity contribution is -0.142. The first-order valence-corrected chi connectivity index (χ1v) is 9.98. The van der Waals surface area contributed by atoms with Gasteiger partial charge in [-0.1, -0.05) is 30.3 Å². The van der Waals surface area contributed by atoms with Gasteiger partial charge in [-0.25, -0.2) is 4.79 Å². The number of hydrogen-bond acceptors (Lipinski definition) is 5. The van der Waals surface area contributed by atoms with E-state index in [2.05, 4.69) is 5.32 Å². The fourth-order valence-electron chi connectivity index (χ4n) is 3.82. The molecule has 8 heteroatoms. The van der Waals surface area contributed by atoms with Gasteiger partial charge in [0.15, 0.2) is 0 Å². The minimum absolute atomic E-state index is 0.0231. The minimum Gasteiger partial charge on any atom is -0.469 e. The maximum atomic E-state index is 12.6. The first-order valence-electron chi connectivity index (χ1n) is 9.98. The van der Waals surface area contributed by atoms with E-state index in [0.717, 1.165) is 18.4 Å². The molecule has 2 aliphatic heterocycles. The molecule has 0 spiro atoms. The molecule has 1 N–H and O–H groups in total. The van der Waals surface area contributed by atoms with E-state index in [1.165, 1.54) is 12.0 Å². The van der Waals surface area contributed by atoms with E-state index in [9.17, 15) is 19.2 Å². The number of carbonyl (C=O) groups excluding carboxylic acids is 4. The first kappa shape index (κ1) is 20.8. The summed E-state index contributed by atoms with van der Waals surface area (Å²) in [5.41, 5.74) is 0.877. The molecule has 0 unspecified atom stereocenters. The fraction of sp³-hybridized carbons (Fsp3) is 0.524. The highest BCUT2D eigenvalue weighted by atomic mass is 16.5. The standard InChI is InChI=1S/C21H27N3O5/c1-29-19(26)13-15-9-11-23(12-10-15)18(25)8-7-17-20(27)24(21(28)22-17)14-16-5-3-2-4-6-16/h2-6,15,17H,7-14H2,1H3,(H,22,28)/t17-/m1/s1. The minimum atomic E-state index is -0.660. The molecular formula is C21H27N3O5. The van der Waals surface area contributed by atoms with Crippen molar-refractivity contribution < 1.29 is 23.9 Å². The van der Waals surface area contributed by atoms with Crippen LogP contribution in [0.15, 0.2) is 30.3 Å². The molecule has 0 aliphatic carbocycles. The molecule has 29 heavy (non-hydrogen) atoms. The number of amides is 4.